The highest BCUT2D eigenvalue weighted by Crippen LogP contribution is 2.38. The molecule has 2 N–H and O–H groups in total. The van der Waals surface area contributed by atoms with Gasteiger partial charge in [-0.2, -0.15) is 0 Å². The third kappa shape index (κ3) is 1.74. The SMILES string of the molecule is CC(C)C1CN(C)c2c(N)cccc2O1. The van der Waals surface area contributed by atoms with Crippen LogP contribution < -0.4 is 15.4 Å². The minimum Gasteiger partial charge on any atom is -0.486 e. The molecule has 1 atom stereocenters. The lowest BCUT2D eigenvalue weighted by Gasteiger charge is -2.36. The number of likely N-dealkylation sites (N-methyl/N-ethyl adjacent to an activating group) is 1. The Bertz CT molecular complexity index is 363. The van der Waals surface area contributed by atoms with Crippen molar-refractivity contribution in [1.82, 2.24) is 0 Å². The van der Waals surface area contributed by atoms with E-state index in [4.69, 9.17) is 10.5 Å². The van der Waals surface area contributed by atoms with Crippen LogP contribution in [0.15, 0.2) is 18.2 Å². The molecule has 3 nitrogen and oxygen atoms in total. The van der Waals surface area contributed by atoms with Crippen LogP contribution >= 0.6 is 0 Å². The van der Waals surface area contributed by atoms with Crippen LogP contribution in [0.3, 0.4) is 0 Å². The first kappa shape index (κ1) is 10.1. The molecule has 2 rings (SSSR count). The number of anilines is 2. The van der Waals surface area contributed by atoms with E-state index < -0.39 is 0 Å². The predicted molar refractivity (Wildman–Crippen MR) is 63.4 cm³/mol. The molecule has 0 bridgehead atoms. The zero-order valence-corrected chi connectivity index (χ0v) is 9.53. The van der Waals surface area contributed by atoms with Crippen LogP contribution in [0.1, 0.15) is 13.8 Å². The normalized spacial score (nSPS) is 20.0. The maximum absolute atomic E-state index is 5.93. The minimum atomic E-state index is 0.254. The summed E-state index contributed by atoms with van der Waals surface area (Å²) in [5, 5.41) is 0. The zero-order valence-electron chi connectivity index (χ0n) is 9.53. The van der Waals surface area contributed by atoms with Gasteiger partial charge in [-0.25, -0.2) is 0 Å². The molecular formula is C12H18N2O. The van der Waals surface area contributed by atoms with Gasteiger partial charge < -0.3 is 15.4 Å². The molecule has 15 heavy (non-hydrogen) atoms. The summed E-state index contributed by atoms with van der Waals surface area (Å²) < 4.78 is 5.92. The van der Waals surface area contributed by atoms with Crippen LogP contribution in [0.2, 0.25) is 0 Å². The molecule has 82 valence electrons. The van der Waals surface area contributed by atoms with Crippen LogP contribution in [-0.2, 0) is 0 Å². The average Bonchev–Trinajstić information content (AvgIpc) is 2.17. The lowest BCUT2D eigenvalue weighted by Crippen LogP contribution is -2.41. The fourth-order valence-electron chi connectivity index (χ4n) is 1.95. The van der Waals surface area contributed by atoms with Crippen molar-refractivity contribution in [2.75, 3.05) is 24.2 Å². The zero-order chi connectivity index (χ0) is 11.0. The van der Waals surface area contributed by atoms with Crippen molar-refractivity contribution >= 4 is 11.4 Å². The summed E-state index contributed by atoms with van der Waals surface area (Å²) in [5.74, 6) is 1.42. The van der Waals surface area contributed by atoms with E-state index in [1.165, 1.54) is 0 Å². The molecule has 1 heterocycles. The van der Waals surface area contributed by atoms with Gasteiger partial charge in [-0.3, -0.25) is 0 Å². The molecule has 0 spiro atoms. The molecule has 0 radical (unpaired) electrons. The summed E-state index contributed by atoms with van der Waals surface area (Å²) in [4.78, 5) is 2.18. The van der Waals surface area contributed by atoms with Crippen molar-refractivity contribution in [2.24, 2.45) is 5.92 Å². The number of nitrogens with zero attached hydrogens (tertiary/aromatic N) is 1. The van der Waals surface area contributed by atoms with Crippen molar-refractivity contribution in [3.63, 3.8) is 0 Å². The van der Waals surface area contributed by atoms with Crippen molar-refractivity contribution in [1.29, 1.82) is 0 Å². The quantitative estimate of drug-likeness (QED) is 0.715. The first-order valence-corrected chi connectivity index (χ1v) is 5.36. The Morgan fingerprint density at radius 2 is 2.20 bits per heavy atom. The van der Waals surface area contributed by atoms with Crippen LogP contribution in [0, 0.1) is 5.92 Å². The Hall–Kier alpha value is -1.38. The number of nitrogen functional groups attached to an aromatic ring is 1. The Morgan fingerprint density at radius 1 is 1.47 bits per heavy atom. The Kier molecular flexibility index (Phi) is 2.47. The summed E-state index contributed by atoms with van der Waals surface area (Å²) in [6, 6.07) is 5.83. The van der Waals surface area contributed by atoms with Gasteiger partial charge in [0.1, 0.15) is 17.5 Å². The van der Waals surface area contributed by atoms with E-state index in [0.717, 1.165) is 23.7 Å². The van der Waals surface area contributed by atoms with Crippen molar-refractivity contribution in [3.05, 3.63) is 18.2 Å². The number of para-hydroxylation sites is 1. The smallest absolute Gasteiger partial charge is 0.145 e. The van der Waals surface area contributed by atoms with Gasteiger partial charge >= 0.3 is 0 Å². The minimum absolute atomic E-state index is 0.254. The van der Waals surface area contributed by atoms with Gasteiger partial charge in [0, 0.05) is 7.05 Å². The third-order valence-corrected chi connectivity index (χ3v) is 2.89. The van der Waals surface area contributed by atoms with E-state index in [-0.39, 0.29) is 6.10 Å². The largest absolute Gasteiger partial charge is 0.486 e. The summed E-state index contributed by atoms with van der Waals surface area (Å²) in [6.45, 7) is 5.25. The average molecular weight is 206 g/mol. The highest BCUT2D eigenvalue weighted by molar-refractivity contribution is 5.75. The molecule has 0 aromatic heterocycles. The maximum atomic E-state index is 5.93. The predicted octanol–water partition coefficient (Wildman–Crippen LogP) is 2.12. The standard InChI is InChI=1S/C12H18N2O/c1-8(2)11-7-14(3)12-9(13)5-4-6-10(12)15-11/h4-6,8,11H,7,13H2,1-3H3. The summed E-state index contributed by atoms with van der Waals surface area (Å²) in [7, 11) is 2.06. The van der Waals surface area contributed by atoms with Gasteiger partial charge in [-0.15, -0.1) is 0 Å². The van der Waals surface area contributed by atoms with E-state index in [2.05, 4.69) is 25.8 Å². The van der Waals surface area contributed by atoms with Crippen LogP contribution in [0.4, 0.5) is 11.4 Å². The highest BCUT2D eigenvalue weighted by atomic mass is 16.5. The molecule has 3 heteroatoms. The van der Waals surface area contributed by atoms with Crippen molar-refractivity contribution in [3.8, 4) is 5.75 Å². The lowest BCUT2D eigenvalue weighted by atomic mass is 10.0. The van der Waals surface area contributed by atoms with Gasteiger partial charge in [0.2, 0.25) is 0 Å². The first-order valence-electron chi connectivity index (χ1n) is 5.36. The van der Waals surface area contributed by atoms with Gasteiger partial charge in [-0.05, 0) is 18.1 Å². The van der Waals surface area contributed by atoms with Crippen LogP contribution in [0.5, 0.6) is 5.75 Å². The third-order valence-electron chi connectivity index (χ3n) is 2.89. The number of hydrogen-bond donors (Lipinski definition) is 1. The van der Waals surface area contributed by atoms with Crippen LogP contribution in [-0.4, -0.2) is 19.7 Å². The first-order chi connectivity index (χ1) is 7.09. The molecule has 1 aliphatic rings. The van der Waals surface area contributed by atoms with Gasteiger partial charge in [0.25, 0.3) is 0 Å². The molecule has 0 aliphatic carbocycles. The topological polar surface area (TPSA) is 38.5 Å². The Morgan fingerprint density at radius 3 is 2.87 bits per heavy atom. The summed E-state index contributed by atoms with van der Waals surface area (Å²) >= 11 is 0. The molecule has 1 aromatic carbocycles. The number of hydrogen-bond acceptors (Lipinski definition) is 3. The van der Waals surface area contributed by atoms with Gasteiger partial charge in [0.15, 0.2) is 0 Å². The van der Waals surface area contributed by atoms with E-state index in [9.17, 15) is 0 Å². The van der Waals surface area contributed by atoms with Crippen molar-refractivity contribution < 1.29 is 4.74 Å². The van der Waals surface area contributed by atoms with E-state index >= 15 is 0 Å². The molecule has 1 aromatic rings. The molecule has 0 amide bonds. The molecule has 0 fully saturated rings. The number of benzene rings is 1. The van der Waals surface area contributed by atoms with Crippen LogP contribution in [0.25, 0.3) is 0 Å². The lowest BCUT2D eigenvalue weighted by molar-refractivity contribution is 0.148. The molecule has 0 saturated heterocycles. The second kappa shape index (κ2) is 3.65. The number of rotatable bonds is 1. The molecule has 1 unspecified atom stereocenters. The maximum Gasteiger partial charge on any atom is 0.145 e. The second-order valence-electron chi connectivity index (χ2n) is 4.47. The Balaban J connectivity index is 2.36. The van der Waals surface area contributed by atoms with E-state index in [1.807, 2.05) is 18.2 Å². The van der Waals surface area contributed by atoms with Gasteiger partial charge in [0.05, 0.1) is 12.2 Å². The number of ether oxygens (including phenoxy) is 1. The highest BCUT2D eigenvalue weighted by Gasteiger charge is 2.26. The van der Waals surface area contributed by atoms with Gasteiger partial charge in [-0.1, -0.05) is 19.9 Å². The molecular weight excluding hydrogens is 188 g/mol. The Labute approximate surface area is 90.8 Å². The number of nitrogens with two attached hydrogens (primary N) is 1. The van der Waals surface area contributed by atoms with E-state index in [1.54, 1.807) is 0 Å². The number of fused-ring (bicyclic) bond motifs is 1. The molecule has 0 saturated carbocycles. The summed E-state index contributed by atoms with van der Waals surface area (Å²) in [5.41, 5.74) is 7.74. The molecule has 1 aliphatic heterocycles. The summed E-state index contributed by atoms with van der Waals surface area (Å²) in [6.07, 6.45) is 0.254. The fraction of sp³-hybridized carbons (Fsp3) is 0.500. The van der Waals surface area contributed by atoms with Crippen molar-refractivity contribution in [2.45, 2.75) is 20.0 Å². The monoisotopic (exact) mass is 206 g/mol. The second-order valence-corrected chi connectivity index (χ2v) is 4.47. The van der Waals surface area contributed by atoms with E-state index in [0.29, 0.717) is 5.92 Å². The fourth-order valence-corrected chi connectivity index (χ4v) is 1.95.